The largest absolute Gasteiger partial charge is 0.381 e. The highest BCUT2D eigenvalue weighted by atomic mass is 32.2. The fourth-order valence-corrected chi connectivity index (χ4v) is 3.42. The lowest BCUT2D eigenvalue weighted by Crippen LogP contribution is -2.56. The van der Waals surface area contributed by atoms with Gasteiger partial charge in [0.2, 0.25) is 15.9 Å². The number of hydrogen-bond acceptors (Lipinski definition) is 5. The third-order valence-corrected chi connectivity index (χ3v) is 5.42. The van der Waals surface area contributed by atoms with Crippen molar-refractivity contribution in [1.29, 1.82) is 0 Å². The number of rotatable bonds is 6. The molecular formula is C15H23N3O4S. The van der Waals surface area contributed by atoms with Crippen LogP contribution in [0.1, 0.15) is 25.3 Å². The van der Waals surface area contributed by atoms with Crippen molar-refractivity contribution in [3.63, 3.8) is 0 Å². The van der Waals surface area contributed by atoms with Crippen LogP contribution in [0.2, 0.25) is 0 Å². The maximum absolute atomic E-state index is 12.2. The first-order valence-corrected chi connectivity index (χ1v) is 9.09. The summed E-state index contributed by atoms with van der Waals surface area (Å²) in [5.41, 5.74) is 6.03. The predicted octanol–water partition coefficient (Wildman–Crippen LogP) is 0.109. The van der Waals surface area contributed by atoms with E-state index in [9.17, 15) is 13.2 Å². The second-order valence-electron chi connectivity index (χ2n) is 5.60. The van der Waals surface area contributed by atoms with E-state index in [0.717, 1.165) is 5.56 Å². The molecule has 0 radical (unpaired) electrons. The Balaban J connectivity index is 1.95. The molecule has 1 aliphatic rings. The Kier molecular flexibility index (Phi) is 5.74. The molecule has 4 N–H and O–H groups in total. The number of nitrogens with one attached hydrogen (secondary N) is 2. The molecule has 1 aromatic rings. The van der Waals surface area contributed by atoms with Gasteiger partial charge in [0.05, 0.1) is 10.4 Å². The van der Waals surface area contributed by atoms with Gasteiger partial charge >= 0.3 is 0 Å². The topological polar surface area (TPSA) is 111 Å². The number of carbonyl (C=O) groups is 1. The van der Waals surface area contributed by atoms with Crippen LogP contribution in [0.3, 0.4) is 0 Å². The minimum Gasteiger partial charge on any atom is -0.381 e. The van der Waals surface area contributed by atoms with Crippen molar-refractivity contribution in [2.75, 3.05) is 19.8 Å². The highest BCUT2D eigenvalue weighted by Gasteiger charge is 2.35. The molecule has 0 bridgehead atoms. The third kappa shape index (κ3) is 4.51. The van der Waals surface area contributed by atoms with Crippen LogP contribution < -0.4 is 15.8 Å². The second-order valence-corrected chi connectivity index (χ2v) is 7.36. The Morgan fingerprint density at radius 1 is 1.26 bits per heavy atom. The van der Waals surface area contributed by atoms with E-state index in [4.69, 9.17) is 10.5 Å². The van der Waals surface area contributed by atoms with Gasteiger partial charge in [-0.05, 0) is 30.5 Å². The molecule has 1 aliphatic heterocycles. The number of hydrogen-bond donors (Lipinski definition) is 3. The van der Waals surface area contributed by atoms with Crippen molar-refractivity contribution in [3.8, 4) is 0 Å². The highest BCUT2D eigenvalue weighted by Crippen LogP contribution is 2.18. The predicted molar refractivity (Wildman–Crippen MR) is 86.1 cm³/mol. The van der Waals surface area contributed by atoms with E-state index in [1.54, 1.807) is 19.1 Å². The molecule has 1 fully saturated rings. The fraction of sp³-hybridized carbons (Fsp3) is 0.533. The van der Waals surface area contributed by atoms with Gasteiger partial charge in [-0.15, -0.1) is 0 Å². The summed E-state index contributed by atoms with van der Waals surface area (Å²) < 4.78 is 31.3. The monoisotopic (exact) mass is 341 g/mol. The molecule has 7 nitrogen and oxygen atoms in total. The Bertz CT molecular complexity index is 637. The molecule has 1 amide bonds. The van der Waals surface area contributed by atoms with Crippen molar-refractivity contribution in [1.82, 2.24) is 10.0 Å². The van der Waals surface area contributed by atoms with Crippen LogP contribution in [0.25, 0.3) is 0 Å². The molecule has 128 valence electrons. The molecule has 23 heavy (non-hydrogen) atoms. The summed E-state index contributed by atoms with van der Waals surface area (Å²) in [5.74, 6) is -0.204. The summed E-state index contributed by atoms with van der Waals surface area (Å²) in [6, 6.07) is 6.40. The summed E-state index contributed by atoms with van der Waals surface area (Å²) in [6.45, 7) is 3.34. The molecule has 8 heteroatoms. The van der Waals surface area contributed by atoms with Gasteiger partial charge in [-0.3, -0.25) is 4.79 Å². The standard InChI is InChI=1S/C15H23N3O4S/c1-2-18-23(20,21)13-5-3-12(4-6-13)11-17-14(19)15(16)7-9-22-10-8-15/h3-6,18H,2,7-11,16H2,1H3,(H,17,19). The van der Waals surface area contributed by atoms with Gasteiger partial charge in [-0.2, -0.15) is 0 Å². The van der Waals surface area contributed by atoms with Crippen LogP contribution in [0, 0.1) is 0 Å². The van der Waals surface area contributed by atoms with E-state index >= 15 is 0 Å². The molecular weight excluding hydrogens is 318 g/mol. The van der Waals surface area contributed by atoms with E-state index in [-0.39, 0.29) is 10.8 Å². The van der Waals surface area contributed by atoms with Gasteiger partial charge in [-0.1, -0.05) is 19.1 Å². The first-order valence-electron chi connectivity index (χ1n) is 7.61. The summed E-state index contributed by atoms with van der Waals surface area (Å²) in [7, 11) is -3.46. The molecule has 0 aromatic heterocycles. The average Bonchev–Trinajstić information content (AvgIpc) is 2.53. The number of nitrogens with two attached hydrogens (primary N) is 1. The summed E-state index contributed by atoms with van der Waals surface area (Å²) in [6.07, 6.45) is 0.997. The molecule has 1 saturated heterocycles. The van der Waals surface area contributed by atoms with Gasteiger partial charge in [0.1, 0.15) is 0 Å². The molecule has 0 spiro atoms. The normalized spacial score (nSPS) is 17.7. The van der Waals surface area contributed by atoms with Crippen LogP contribution in [-0.4, -0.2) is 39.6 Å². The zero-order valence-corrected chi connectivity index (χ0v) is 14.0. The van der Waals surface area contributed by atoms with Crippen LogP contribution in [-0.2, 0) is 26.1 Å². The van der Waals surface area contributed by atoms with Gasteiger partial charge in [0.15, 0.2) is 0 Å². The van der Waals surface area contributed by atoms with Crippen LogP contribution >= 0.6 is 0 Å². The molecule has 0 atom stereocenters. The Hall–Kier alpha value is -1.48. The minimum absolute atomic E-state index is 0.203. The minimum atomic E-state index is -3.46. The first kappa shape index (κ1) is 17.9. The number of amides is 1. The Labute approximate surface area is 136 Å². The zero-order valence-electron chi connectivity index (χ0n) is 13.2. The van der Waals surface area contributed by atoms with E-state index in [0.29, 0.717) is 39.1 Å². The van der Waals surface area contributed by atoms with E-state index in [1.165, 1.54) is 12.1 Å². The van der Waals surface area contributed by atoms with Crippen LogP contribution in [0.4, 0.5) is 0 Å². The molecule has 0 unspecified atom stereocenters. The maximum atomic E-state index is 12.2. The molecule has 1 aromatic carbocycles. The van der Waals surface area contributed by atoms with Crippen molar-refractivity contribution >= 4 is 15.9 Å². The first-order chi connectivity index (χ1) is 10.9. The number of sulfonamides is 1. The lowest BCUT2D eigenvalue weighted by molar-refractivity contribution is -0.129. The van der Waals surface area contributed by atoms with Crippen LogP contribution in [0.5, 0.6) is 0 Å². The highest BCUT2D eigenvalue weighted by molar-refractivity contribution is 7.89. The summed E-state index contributed by atoms with van der Waals surface area (Å²) in [4.78, 5) is 12.4. The summed E-state index contributed by atoms with van der Waals surface area (Å²) in [5, 5.41) is 2.81. The van der Waals surface area contributed by atoms with E-state index in [2.05, 4.69) is 10.0 Å². The number of ether oxygens (including phenoxy) is 1. The molecule has 0 aliphatic carbocycles. The van der Waals surface area contributed by atoms with Crippen molar-refractivity contribution < 1.29 is 17.9 Å². The molecule has 0 saturated carbocycles. The summed E-state index contributed by atoms with van der Waals surface area (Å²) >= 11 is 0. The number of benzene rings is 1. The smallest absolute Gasteiger partial charge is 0.240 e. The Morgan fingerprint density at radius 3 is 2.43 bits per heavy atom. The van der Waals surface area contributed by atoms with Crippen molar-refractivity contribution in [2.45, 2.75) is 36.7 Å². The van der Waals surface area contributed by atoms with Crippen molar-refractivity contribution in [3.05, 3.63) is 29.8 Å². The van der Waals surface area contributed by atoms with Crippen LogP contribution in [0.15, 0.2) is 29.2 Å². The van der Waals surface area contributed by atoms with E-state index in [1.807, 2.05) is 0 Å². The van der Waals surface area contributed by atoms with Gasteiger partial charge in [-0.25, -0.2) is 13.1 Å². The third-order valence-electron chi connectivity index (χ3n) is 3.86. The van der Waals surface area contributed by atoms with Gasteiger partial charge < -0.3 is 15.8 Å². The number of carbonyl (C=O) groups excluding carboxylic acids is 1. The maximum Gasteiger partial charge on any atom is 0.240 e. The molecule has 1 heterocycles. The lowest BCUT2D eigenvalue weighted by atomic mass is 9.90. The van der Waals surface area contributed by atoms with E-state index < -0.39 is 15.6 Å². The quantitative estimate of drug-likeness (QED) is 0.680. The fourth-order valence-electron chi connectivity index (χ4n) is 2.38. The SMILES string of the molecule is CCNS(=O)(=O)c1ccc(CNC(=O)C2(N)CCOCC2)cc1. The lowest BCUT2D eigenvalue weighted by Gasteiger charge is -2.31. The second kappa shape index (κ2) is 7.39. The molecule has 2 rings (SSSR count). The van der Waals surface area contributed by atoms with Gasteiger partial charge in [0, 0.05) is 26.3 Å². The average molecular weight is 341 g/mol. The van der Waals surface area contributed by atoms with Crippen molar-refractivity contribution in [2.24, 2.45) is 5.73 Å². The zero-order chi connectivity index (χ0) is 16.9. The Morgan fingerprint density at radius 2 is 1.87 bits per heavy atom. The van der Waals surface area contributed by atoms with Gasteiger partial charge in [0.25, 0.3) is 0 Å².